The maximum atomic E-state index is 8.85. The number of nitriles is 2. The van der Waals surface area contributed by atoms with Crippen LogP contribution in [0.4, 0.5) is 5.69 Å². The van der Waals surface area contributed by atoms with Crippen LogP contribution in [0.3, 0.4) is 0 Å². The van der Waals surface area contributed by atoms with Gasteiger partial charge in [0.05, 0.1) is 5.69 Å². The molecule has 0 atom stereocenters. The Balaban J connectivity index is 1.91. The van der Waals surface area contributed by atoms with Gasteiger partial charge in [-0.25, -0.2) is 0 Å². The highest BCUT2D eigenvalue weighted by molar-refractivity contribution is 8.00. The molecule has 0 unspecified atom stereocenters. The third kappa shape index (κ3) is 5.65. The molecule has 0 aliphatic rings. The summed E-state index contributed by atoms with van der Waals surface area (Å²) in [4.78, 5) is 4.33. The molecule has 0 fully saturated rings. The van der Waals surface area contributed by atoms with Crippen molar-refractivity contribution in [3.8, 4) is 12.1 Å². The van der Waals surface area contributed by atoms with E-state index in [0.717, 1.165) is 25.3 Å². The Kier molecular flexibility index (Phi) is 6.54. The number of hydrogen-bond acceptors (Lipinski definition) is 6. The molecule has 0 spiro atoms. The first-order valence-electron chi connectivity index (χ1n) is 8.01. The fraction of sp³-hybridized carbons (Fsp3) is 0. The first-order chi connectivity index (χ1) is 13.3. The van der Waals surface area contributed by atoms with Crippen LogP contribution < -0.4 is 5.43 Å². The molecule has 0 aliphatic carbocycles. The van der Waals surface area contributed by atoms with Crippen molar-refractivity contribution < 1.29 is 0 Å². The molecule has 6 heteroatoms. The molecule has 130 valence electrons. The van der Waals surface area contributed by atoms with E-state index >= 15 is 0 Å². The number of anilines is 1. The minimum atomic E-state index is -0.214. The van der Waals surface area contributed by atoms with E-state index in [0.29, 0.717) is 0 Å². The van der Waals surface area contributed by atoms with E-state index in [9.17, 15) is 0 Å². The molecule has 4 nitrogen and oxygen atoms in total. The molecule has 0 bridgehead atoms. The van der Waals surface area contributed by atoms with E-state index in [1.807, 2.05) is 48.5 Å². The Labute approximate surface area is 166 Å². The largest absolute Gasteiger partial charge is 0.276 e. The molecule has 27 heavy (non-hydrogen) atoms. The summed E-state index contributed by atoms with van der Waals surface area (Å²) in [7, 11) is 0. The minimum absolute atomic E-state index is 0.214. The molecule has 3 rings (SSSR count). The lowest BCUT2D eigenvalue weighted by Gasteiger charge is -2.09. The van der Waals surface area contributed by atoms with Gasteiger partial charge in [0.25, 0.3) is 0 Å². The zero-order chi connectivity index (χ0) is 18.9. The Morgan fingerprint density at radius 1 is 0.704 bits per heavy atom. The zero-order valence-corrected chi connectivity index (χ0v) is 15.8. The second-order valence-electron chi connectivity index (χ2n) is 5.32. The van der Waals surface area contributed by atoms with Crippen LogP contribution in [0.15, 0.2) is 104 Å². The third-order valence-electron chi connectivity index (χ3n) is 3.35. The summed E-state index contributed by atoms with van der Waals surface area (Å²) >= 11 is 3.28. The van der Waals surface area contributed by atoms with Crippen molar-refractivity contribution in [2.75, 3.05) is 5.43 Å². The summed E-state index contributed by atoms with van der Waals surface area (Å²) in [5.41, 5.74) is 3.32. The Hall–Kier alpha value is -3.19. The van der Waals surface area contributed by atoms with E-state index in [1.54, 1.807) is 35.7 Å². The quantitative estimate of drug-likeness (QED) is 0.428. The van der Waals surface area contributed by atoms with Gasteiger partial charge in [0.15, 0.2) is 0 Å². The van der Waals surface area contributed by atoms with Gasteiger partial charge in [0.2, 0.25) is 5.71 Å². The van der Waals surface area contributed by atoms with Crippen LogP contribution in [0.2, 0.25) is 0 Å². The summed E-state index contributed by atoms with van der Waals surface area (Å²) in [5.74, 6) is 0. The van der Waals surface area contributed by atoms with Crippen molar-refractivity contribution in [2.45, 2.75) is 19.6 Å². The summed E-state index contributed by atoms with van der Waals surface area (Å²) in [5, 5.41) is 21.6. The standard InChI is InChI=1S/C21H14N4S2/c22-14-17(15-23)25-24-16-11-20(26-18-7-3-1-4-8-18)13-21(12-16)27-19-9-5-2-6-10-19/h1-13,24H. The summed E-state index contributed by atoms with van der Waals surface area (Å²) in [6, 6.07) is 29.7. The molecule has 0 aliphatic heterocycles. The lowest BCUT2D eigenvalue weighted by Crippen LogP contribution is -1.96. The van der Waals surface area contributed by atoms with Gasteiger partial charge >= 0.3 is 0 Å². The first kappa shape index (κ1) is 18.6. The number of hydrogen-bond donors (Lipinski definition) is 1. The smallest absolute Gasteiger partial charge is 0.237 e. The van der Waals surface area contributed by atoms with Gasteiger partial charge in [-0.05, 0) is 42.5 Å². The van der Waals surface area contributed by atoms with Crippen LogP contribution >= 0.6 is 23.5 Å². The van der Waals surface area contributed by atoms with Crippen LogP contribution in [-0.2, 0) is 0 Å². The topological polar surface area (TPSA) is 72.0 Å². The molecule has 0 saturated heterocycles. The van der Waals surface area contributed by atoms with Crippen LogP contribution in [-0.4, -0.2) is 5.71 Å². The van der Waals surface area contributed by atoms with Gasteiger partial charge in [0, 0.05) is 19.6 Å². The van der Waals surface area contributed by atoms with E-state index in [4.69, 9.17) is 10.5 Å². The van der Waals surface area contributed by atoms with Crippen LogP contribution in [0.1, 0.15) is 0 Å². The molecule has 0 heterocycles. The van der Waals surface area contributed by atoms with Gasteiger partial charge in [-0.3, -0.25) is 5.43 Å². The summed E-state index contributed by atoms with van der Waals surface area (Å²) in [6.07, 6.45) is 0. The second kappa shape index (κ2) is 9.49. The molecular formula is C21H14N4S2. The molecule has 0 amide bonds. The number of rotatable bonds is 6. The maximum absolute atomic E-state index is 8.85. The second-order valence-corrected chi connectivity index (χ2v) is 7.61. The Bertz CT molecular complexity index is 944. The van der Waals surface area contributed by atoms with Crippen LogP contribution in [0.25, 0.3) is 0 Å². The van der Waals surface area contributed by atoms with Gasteiger partial charge in [0.1, 0.15) is 12.1 Å². The van der Waals surface area contributed by atoms with Gasteiger partial charge in [-0.2, -0.15) is 15.6 Å². The van der Waals surface area contributed by atoms with Gasteiger partial charge in [-0.1, -0.05) is 59.9 Å². The average Bonchev–Trinajstić information content (AvgIpc) is 2.70. The molecule has 0 saturated carbocycles. The normalized spacial score (nSPS) is 9.70. The number of hydrazone groups is 1. The third-order valence-corrected chi connectivity index (χ3v) is 5.31. The predicted octanol–water partition coefficient (Wildman–Crippen LogP) is 5.80. The molecule has 3 aromatic rings. The fourth-order valence-corrected chi connectivity index (χ4v) is 4.15. The summed E-state index contributed by atoms with van der Waals surface area (Å²) in [6.45, 7) is 0. The lowest BCUT2D eigenvalue weighted by molar-refractivity contribution is 1.26. The van der Waals surface area contributed by atoms with Gasteiger partial charge in [-0.15, -0.1) is 0 Å². The average molecular weight is 387 g/mol. The van der Waals surface area contributed by atoms with Crippen LogP contribution in [0.5, 0.6) is 0 Å². The molecular weight excluding hydrogens is 372 g/mol. The lowest BCUT2D eigenvalue weighted by atomic mass is 10.3. The highest BCUT2D eigenvalue weighted by Gasteiger charge is 2.06. The van der Waals surface area contributed by atoms with Crippen molar-refractivity contribution in [3.05, 3.63) is 78.9 Å². The molecule has 0 radical (unpaired) electrons. The minimum Gasteiger partial charge on any atom is -0.276 e. The van der Waals surface area contributed by atoms with Crippen molar-refractivity contribution in [2.24, 2.45) is 5.10 Å². The Morgan fingerprint density at radius 2 is 1.19 bits per heavy atom. The summed E-state index contributed by atoms with van der Waals surface area (Å²) < 4.78 is 0. The van der Waals surface area contributed by atoms with Crippen molar-refractivity contribution in [1.29, 1.82) is 10.5 Å². The highest BCUT2D eigenvalue weighted by Crippen LogP contribution is 2.36. The first-order valence-corrected chi connectivity index (χ1v) is 9.65. The highest BCUT2D eigenvalue weighted by atomic mass is 32.2. The number of nitrogens with one attached hydrogen (secondary N) is 1. The monoisotopic (exact) mass is 386 g/mol. The van der Waals surface area contributed by atoms with E-state index in [-0.39, 0.29) is 5.71 Å². The fourth-order valence-electron chi connectivity index (χ4n) is 2.20. The van der Waals surface area contributed by atoms with Gasteiger partial charge < -0.3 is 0 Å². The SMILES string of the molecule is N#CC(C#N)=NNc1cc(Sc2ccccc2)cc(Sc2ccccc2)c1. The number of benzene rings is 3. The predicted molar refractivity (Wildman–Crippen MR) is 110 cm³/mol. The number of nitrogens with zero attached hydrogens (tertiary/aromatic N) is 3. The van der Waals surface area contributed by atoms with Crippen LogP contribution in [0, 0.1) is 22.7 Å². The molecule has 1 N–H and O–H groups in total. The maximum Gasteiger partial charge on any atom is 0.237 e. The molecule has 0 aromatic heterocycles. The van der Waals surface area contributed by atoms with Crippen molar-refractivity contribution in [1.82, 2.24) is 0 Å². The molecule has 3 aromatic carbocycles. The zero-order valence-electron chi connectivity index (χ0n) is 14.2. The van der Waals surface area contributed by atoms with Crippen molar-refractivity contribution >= 4 is 34.9 Å². The van der Waals surface area contributed by atoms with E-state index < -0.39 is 0 Å². The van der Waals surface area contributed by atoms with E-state index in [1.165, 1.54) is 0 Å². The Morgan fingerprint density at radius 3 is 1.63 bits per heavy atom. The van der Waals surface area contributed by atoms with Crippen molar-refractivity contribution in [3.63, 3.8) is 0 Å². The van der Waals surface area contributed by atoms with E-state index in [2.05, 4.69) is 40.9 Å².